The summed E-state index contributed by atoms with van der Waals surface area (Å²) in [6, 6.07) is 7.98. The van der Waals surface area contributed by atoms with Crippen LogP contribution in [0.25, 0.3) is 0 Å². The molecule has 1 aromatic carbocycles. The predicted octanol–water partition coefficient (Wildman–Crippen LogP) is 4.00. The average molecular weight is 345 g/mol. The van der Waals surface area contributed by atoms with Crippen molar-refractivity contribution in [1.82, 2.24) is 5.32 Å². The first-order chi connectivity index (χ1) is 12.1. The van der Waals surface area contributed by atoms with Gasteiger partial charge in [0.2, 0.25) is 0 Å². The van der Waals surface area contributed by atoms with Crippen LogP contribution >= 0.6 is 0 Å². The molecule has 25 heavy (non-hydrogen) atoms. The highest BCUT2D eigenvalue weighted by molar-refractivity contribution is 5.89. The van der Waals surface area contributed by atoms with E-state index in [2.05, 4.69) is 41.5 Å². The molecule has 2 aliphatic rings. The quantitative estimate of drug-likeness (QED) is 0.867. The summed E-state index contributed by atoms with van der Waals surface area (Å²) < 4.78 is 5.78. The Labute approximate surface area is 151 Å². The summed E-state index contributed by atoms with van der Waals surface area (Å²) >= 11 is 0. The minimum Gasteiger partial charge on any atom is -0.372 e. The zero-order valence-corrected chi connectivity index (χ0v) is 15.5. The molecule has 3 rings (SSSR count). The number of nitrogens with one attached hydrogen (secondary N) is 2. The van der Waals surface area contributed by atoms with Crippen LogP contribution < -0.4 is 15.5 Å². The van der Waals surface area contributed by atoms with Gasteiger partial charge in [-0.15, -0.1) is 0 Å². The Morgan fingerprint density at radius 3 is 2.36 bits per heavy atom. The average Bonchev–Trinajstić information content (AvgIpc) is 2.61. The van der Waals surface area contributed by atoms with Crippen molar-refractivity contribution >= 4 is 17.4 Å². The summed E-state index contributed by atoms with van der Waals surface area (Å²) in [5, 5.41) is 5.95. The van der Waals surface area contributed by atoms with Gasteiger partial charge in [-0.1, -0.05) is 19.3 Å². The minimum atomic E-state index is -0.105. The summed E-state index contributed by atoms with van der Waals surface area (Å²) in [7, 11) is 0. The molecule has 1 heterocycles. The van der Waals surface area contributed by atoms with Crippen molar-refractivity contribution in [2.24, 2.45) is 5.92 Å². The molecule has 5 heteroatoms. The number of benzene rings is 1. The third kappa shape index (κ3) is 5.36. The van der Waals surface area contributed by atoms with E-state index in [0.717, 1.165) is 25.3 Å². The SMILES string of the molecule is CC1CN(c2ccc(NC(=O)NCC3CCCCC3)cc2)CC(C)O1. The van der Waals surface area contributed by atoms with Gasteiger partial charge in [-0.05, 0) is 56.9 Å². The highest BCUT2D eigenvalue weighted by atomic mass is 16.5. The fourth-order valence-corrected chi connectivity index (χ4v) is 3.95. The maximum atomic E-state index is 12.1. The molecule has 138 valence electrons. The van der Waals surface area contributed by atoms with E-state index in [0.29, 0.717) is 5.92 Å². The second-order valence-electron chi connectivity index (χ2n) is 7.55. The lowest BCUT2D eigenvalue weighted by atomic mass is 9.89. The highest BCUT2D eigenvalue weighted by Crippen LogP contribution is 2.23. The molecule has 1 aliphatic carbocycles. The first-order valence-corrected chi connectivity index (χ1v) is 9.65. The Balaban J connectivity index is 1.47. The molecule has 0 bridgehead atoms. The van der Waals surface area contributed by atoms with Gasteiger partial charge in [0.25, 0.3) is 0 Å². The van der Waals surface area contributed by atoms with Gasteiger partial charge in [0.15, 0.2) is 0 Å². The number of nitrogens with zero attached hydrogens (tertiary/aromatic N) is 1. The Bertz CT molecular complexity index is 545. The summed E-state index contributed by atoms with van der Waals surface area (Å²) in [6.07, 6.45) is 6.91. The fourth-order valence-electron chi connectivity index (χ4n) is 3.95. The lowest BCUT2D eigenvalue weighted by Crippen LogP contribution is -2.45. The van der Waals surface area contributed by atoms with Crippen molar-refractivity contribution in [2.45, 2.75) is 58.2 Å². The van der Waals surface area contributed by atoms with Gasteiger partial charge in [0, 0.05) is 31.0 Å². The van der Waals surface area contributed by atoms with Gasteiger partial charge >= 0.3 is 6.03 Å². The second-order valence-corrected chi connectivity index (χ2v) is 7.55. The largest absolute Gasteiger partial charge is 0.372 e. The first kappa shape index (κ1) is 18.1. The monoisotopic (exact) mass is 345 g/mol. The van der Waals surface area contributed by atoms with Crippen molar-refractivity contribution < 1.29 is 9.53 Å². The summed E-state index contributed by atoms with van der Waals surface area (Å²) in [6.45, 7) is 6.80. The number of hydrogen-bond acceptors (Lipinski definition) is 3. The highest BCUT2D eigenvalue weighted by Gasteiger charge is 2.22. The zero-order valence-electron chi connectivity index (χ0n) is 15.5. The van der Waals surface area contributed by atoms with E-state index in [1.165, 1.54) is 37.8 Å². The van der Waals surface area contributed by atoms with E-state index in [9.17, 15) is 4.79 Å². The van der Waals surface area contributed by atoms with Crippen LogP contribution in [0, 0.1) is 5.92 Å². The lowest BCUT2D eigenvalue weighted by Gasteiger charge is -2.36. The number of carbonyl (C=O) groups excluding carboxylic acids is 1. The standard InChI is InChI=1S/C20H31N3O2/c1-15-13-23(14-16(2)25-15)19-10-8-18(9-11-19)22-20(24)21-12-17-6-4-3-5-7-17/h8-11,15-17H,3-7,12-14H2,1-2H3,(H2,21,22,24). The predicted molar refractivity (Wildman–Crippen MR) is 102 cm³/mol. The number of carbonyl (C=O) groups is 1. The molecule has 2 unspecified atom stereocenters. The number of rotatable bonds is 4. The topological polar surface area (TPSA) is 53.6 Å². The van der Waals surface area contributed by atoms with Crippen LogP contribution in [0.2, 0.25) is 0 Å². The maximum Gasteiger partial charge on any atom is 0.319 e. The van der Waals surface area contributed by atoms with E-state index in [-0.39, 0.29) is 18.2 Å². The van der Waals surface area contributed by atoms with E-state index in [1.807, 2.05) is 12.1 Å². The molecule has 0 spiro atoms. The van der Waals surface area contributed by atoms with Gasteiger partial charge in [-0.25, -0.2) is 4.79 Å². The van der Waals surface area contributed by atoms with Crippen LogP contribution in [0.3, 0.4) is 0 Å². The molecular formula is C20H31N3O2. The number of ether oxygens (including phenoxy) is 1. The molecule has 1 saturated carbocycles. The molecule has 1 aliphatic heterocycles. The molecule has 1 saturated heterocycles. The third-order valence-electron chi connectivity index (χ3n) is 5.19. The van der Waals surface area contributed by atoms with Crippen LogP contribution in [-0.4, -0.2) is 37.9 Å². The van der Waals surface area contributed by atoms with Gasteiger partial charge in [-0.2, -0.15) is 0 Å². The van der Waals surface area contributed by atoms with Crippen LogP contribution in [0.15, 0.2) is 24.3 Å². The van der Waals surface area contributed by atoms with Gasteiger partial charge < -0.3 is 20.3 Å². The number of amides is 2. The Morgan fingerprint density at radius 2 is 1.72 bits per heavy atom. The fraction of sp³-hybridized carbons (Fsp3) is 0.650. The lowest BCUT2D eigenvalue weighted by molar-refractivity contribution is -0.00521. The normalized spacial score (nSPS) is 24.8. The van der Waals surface area contributed by atoms with Gasteiger partial charge in [0.05, 0.1) is 12.2 Å². The van der Waals surface area contributed by atoms with Crippen LogP contribution in [0.4, 0.5) is 16.2 Å². The van der Waals surface area contributed by atoms with Crippen molar-refractivity contribution in [3.8, 4) is 0 Å². The van der Waals surface area contributed by atoms with Crippen molar-refractivity contribution in [1.29, 1.82) is 0 Å². The van der Waals surface area contributed by atoms with Gasteiger partial charge in [-0.3, -0.25) is 0 Å². The maximum absolute atomic E-state index is 12.1. The first-order valence-electron chi connectivity index (χ1n) is 9.65. The summed E-state index contributed by atoms with van der Waals surface area (Å²) in [5.74, 6) is 0.646. The molecule has 5 nitrogen and oxygen atoms in total. The number of hydrogen-bond donors (Lipinski definition) is 2. The van der Waals surface area contributed by atoms with Crippen LogP contribution in [0.5, 0.6) is 0 Å². The van der Waals surface area contributed by atoms with Crippen molar-refractivity contribution in [2.75, 3.05) is 29.9 Å². The smallest absolute Gasteiger partial charge is 0.319 e. The second kappa shape index (κ2) is 8.56. The van der Waals surface area contributed by atoms with E-state index in [4.69, 9.17) is 4.74 Å². The molecule has 2 amide bonds. The molecule has 2 N–H and O–H groups in total. The molecule has 1 aromatic rings. The van der Waals surface area contributed by atoms with Crippen LogP contribution in [-0.2, 0) is 4.74 Å². The molecule has 2 fully saturated rings. The van der Waals surface area contributed by atoms with E-state index >= 15 is 0 Å². The Morgan fingerprint density at radius 1 is 1.08 bits per heavy atom. The van der Waals surface area contributed by atoms with Crippen molar-refractivity contribution in [3.63, 3.8) is 0 Å². The summed E-state index contributed by atoms with van der Waals surface area (Å²) in [5.41, 5.74) is 2.01. The van der Waals surface area contributed by atoms with E-state index < -0.39 is 0 Å². The zero-order chi connectivity index (χ0) is 17.6. The summed E-state index contributed by atoms with van der Waals surface area (Å²) in [4.78, 5) is 14.4. The Kier molecular flexibility index (Phi) is 6.19. The molecule has 0 radical (unpaired) electrons. The minimum absolute atomic E-state index is 0.105. The Hall–Kier alpha value is -1.75. The number of anilines is 2. The van der Waals surface area contributed by atoms with Gasteiger partial charge in [0.1, 0.15) is 0 Å². The number of urea groups is 1. The van der Waals surface area contributed by atoms with Crippen molar-refractivity contribution in [3.05, 3.63) is 24.3 Å². The van der Waals surface area contributed by atoms with Crippen LogP contribution in [0.1, 0.15) is 46.0 Å². The molecule has 2 atom stereocenters. The molecular weight excluding hydrogens is 314 g/mol. The molecule has 0 aromatic heterocycles. The number of morpholine rings is 1. The third-order valence-corrected chi connectivity index (χ3v) is 5.19. The van der Waals surface area contributed by atoms with E-state index in [1.54, 1.807) is 0 Å².